The van der Waals surface area contributed by atoms with Gasteiger partial charge in [0.2, 0.25) is 5.91 Å². The zero-order valence-electron chi connectivity index (χ0n) is 37.0. The molecule has 1 heterocycles. The summed E-state index contributed by atoms with van der Waals surface area (Å²) in [7, 11) is 0. The summed E-state index contributed by atoms with van der Waals surface area (Å²) in [6, 6.07) is -1.21. The van der Waals surface area contributed by atoms with Crippen molar-refractivity contribution in [2.75, 3.05) is 13.2 Å². The molecule has 1 aliphatic rings. The molecule has 8 N–H and O–H groups in total. The minimum atomic E-state index is -1.68. The number of nitrogens with one attached hydrogen (secondary N) is 1. The van der Waals surface area contributed by atoms with E-state index in [4.69, 9.17) is 9.47 Å². The fourth-order valence-corrected chi connectivity index (χ4v) is 7.12. The van der Waals surface area contributed by atoms with Gasteiger partial charge in [-0.3, -0.25) is 4.79 Å². The summed E-state index contributed by atoms with van der Waals surface area (Å²) in [5, 5.41) is 75.3. The van der Waals surface area contributed by atoms with Gasteiger partial charge in [-0.2, -0.15) is 0 Å². The molecule has 9 atom stereocenters. The van der Waals surface area contributed by atoms with Crippen LogP contribution < -0.4 is 5.32 Å². The Balaban J connectivity index is 2.41. The van der Waals surface area contributed by atoms with E-state index >= 15 is 0 Å². The Labute approximate surface area is 358 Å². The maximum Gasteiger partial charge on any atom is 0.249 e. The van der Waals surface area contributed by atoms with Gasteiger partial charge >= 0.3 is 0 Å². The monoisotopic (exact) mass is 838 g/mol. The first-order chi connectivity index (χ1) is 28.7. The maximum absolute atomic E-state index is 13.0. The van der Waals surface area contributed by atoms with Crippen molar-refractivity contribution in [2.24, 2.45) is 0 Å². The van der Waals surface area contributed by atoms with E-state index in [9.17, 15) is 40.5 Å². The summed E-state index contributed by atoms with van der Waals surface area (Å²) in [6.45, 7) is 3.33. The van der Waals surface area contributed by atoms with E-state index in [2.05, 4.69) is 55.6 Å². The zero-order chi connectivity index (χ0) is 43.4. The number of carbonyl (C=O) groups excluding carboxylic acids is 1. The van der Waals surface area contributed by atoms with E-state index in [1.807, 2.05) is 12.2 Å². The number of aliphatic hydroxyl groups excluding tert-OH is 7. The first kappa shape index (κ1) is 55.1. The summed E-state index contributed by atoms with van der Waals surface area (Å²) in [4.78, 5) is 13.0. The van der Waals surface area contributed by atoms with Crippen LogP contribution in [0.5, 0.6) is 0 Å². The number of hydrogen-bond donors (Lipinski definition) is 8. The number of rotatable bonds is 38. The smallest absolute Gasteiger partial charge is 0.249 e. The van der Waals surface area contributed by atoms with E-state index in [1.165, 1.54) is 96.3 Å². The number of hydrogen-bond acceptors (Lipinski definition) is 10. The average molecular weight is 838 g/mol. The van der Waals surface area contributed by atoms with Crippen LogP contribution in [0.3, 0.4) is 0 Å². The molecule has 0 saturated carbocycles. The highest BCUT2D eigenvalue weighted by Crippen LogP contribution is 2.23. The van der Waals surface area contributed by atoms with Gasteiger partial charge in [0.15, 0.2) is 6.29 Å². The Morgan fingerprint density at radius 2 is 1.02 bits per heavy atom. The quantitative estimate of drug-likeness (QED) is 0.0225. The van der Waals surface area contributed by atoms with E-state index in [0.717, 1.165) is 38.5 Å². The number of amides is 1. The molecular weight excluding hydrogens is 751 g/mol. The number of aliphatic hydroxyl groups is 7. The van der Waals surface area contributed by atoms with Crippen LogP contribution in [0, 0.1) is 0 Å². The van der Waals surface area contributed by atoms with Gasteiger partial charge in [0, 0.05) is 0 Å². The molecule has 1 rings (SSSR count). The highest BCUT2D eigenvalue weighted by Gasteiger charge is 2.44. The SMILES string of the molecule is CCCCCC/C=C\CCC(O)C(=O)NC(COC1OC(CO)C(O)C(O)C1O)C(O)C(O)CCC/C=C/CC/C=C/CC/C=C/CCCCCCCCCCCCC. The normalized spacial score (nSPS) is 22.2. The molecule has 59 heavy (non-hydrogen) atoms. The third-order valence-electron chi connectivity index (χ3n) is 11.1. The Morgan fingerprint density at radius 3 is 1.53 bits per heavy atom. The van der Waals surface area contributed by atoms with Crippen LogP contribution >= 0.6 is 0 Å². The number of unbranched alkanes of at least 4 members (excludes halogenated alkanes) is 18. The minimum absolute atomic E-state index is 0.162. The van der Waals surface area contributed by atoms with Gasteiger partial charge in [-0.25, -0.2) is 0 Å². The van der Waals surface area contributed by atoms with Crippen LogP contribution in [0.25, 0.3) is 0 Å². The van der Waals surface area contributed by atoms with Crippen LogP contribution in [0.2, 0.25) is 0 Å². The number of carbonyl (C=O) groups is 1. The molecular formula is C48H87NO10. The van der Waals surface area contributed by atoms with Crippen LogP contribution in [0.4, 0.5) is 0 Å². The van der Waals surface area contributed by atoms with Crippen LogP contribution in [-0.2, 0) is 14.3 Å². The van der Waals surface area contributed by atoms with Crippen molar-refractivity contribution in [3.63, 3.8) is 0 Å². The molecule has 1 fully saturated rings. The molecule has 0 aliphatic carbocycles. The highest BCUT2D eigenvalue weighted by atomic mass is 16.7. The Morgan fingerprint density at radius 1 is 0.576 bits per heavy atom. The van der Waals surface area contributed by atoms with E-state index in [1.54, 1.807) is 0 Å². The molecule has 11 heteroatoms. The average Bonchev–Trinajstić information content (AvgIpc) is 3.23. The lowest BCUT2D eigenvalue weighted by Crippen LogP contribution is -2.60. The molecule has 1 saturated heterocycles. The molecule has 0 bridgehead atoms. The lowest BCUT2D eigenvalue weighted by molar-refractivity contribution is -0.303. The molecule has 0 aromatic carbocycles. The zero-order valence-corrected chi connectivity index (χ0v) is 37.0. The largest absolute Gasteiger partial charge is 0.394 e. The van der Waals surface area contributed by atoms with Crippen molar-refractivity contribution in [1.82, 2.24) is 5.32 Å². The molecule has 1 amide bonds. The fourth-order valence-electron chi connectivity index (χ4n) is 7.12. The van der Waals surface area contributed by atoms with Crippen molar-refractivity contribution >= 4 is 5.91 Å². The topological polar surface area (TPSA) is 189 Å². The standard InChI is InChI=1S/C48H87NO10/c1-3-5-7-9-11-13-14-15-16-17-18-19-20-21-22-23-24-25-26-27-28-30-31-33-35-40(51)43(53)39(38-58-48-46(56)45(55)44(54)42(37-50)59-48)49-47(57)41(52)36-34-32-29-12-10-8-6-4-2/h20-21,24-25,28-30,32,39-46,48,50-56H,3-19,22-23,26-27,31,33-38H2,1-2H3,(H,49,57)/b21-20+,25-24+,30-28+,32-29-. The second-order valence-corrected chi connectivity index (χ2v) is 16.4. The van der Waals surface area contributed by atoms with E-state index in [-0.39, 0.29) is 12.8 Å². The Hall–Kier alpha value is -1.93. The fraction of sp³-hybridized carbons (Fsp3) is 0.812. The number of ether oxygens (including phenoxy) is 2. The third-order valence-corrected chi connectivity index (χ3v) is 11.1. The molecule has 344 valence electrons. The second kappa shape index (κ2) is 37.8. The van der Waals surface area contributed by atoms with Crippen LogP contribution in [0.15, 0.2) is 48.6 Å². The summed E-state index contributed by atoms with van der Waals surface area (Å²) in [6.07, 6.45) is 33.5. The van der Waals surface area contributed by atoms with Gasteiger partial charge in [0.05, 0.1) is 25.4 Å². The van der Waals surface area contributed by atoms with E-state index < -0.39 is 74.2 Å². The lowest BCUT2D eigenvalue weighted by Gasteiger charge is -2.40. The predicted molar refractivity (Wildman–Crippen MR) is 238 cm³/mol. The second-order valence-electron chi connectivity index (χ2n) is 16.4. The molecule has 0 radical (unpaired) electrons. The van der Waals surface area contributed by atoms with Gasteiger partial charge in [-0.05, 0) is 83.5 Å². The first-order valence-electron chi connectivity index (χ1n) is 23.5. The minimum Gasteiger partial charge on any atom is -0.394 e. The van der Waals surface area contributed by atoms with E-state index in [0.29, 0.717) is 19.3 Å². The molecule has 9 unspecified atom stereocenters. The Bertz CT molecular complexity index is 1100. The number of allylic oxidation sites excluding steroid dienone is 8. The summed E-state index contributed by atoms with van der Waals surface area (Å²) >= 11 is 0. The Kier molecular flexibility index (Phi) is 35.3. The van der Waals surface area contributed by atoms with Crippen LogP contribution in [-0.4, -0.2) is 110 Å². The van der Waals surface area contributed by atoms with Crippen LogP contribution in [0.1, 0.15) is 181 Å². The molecule has 1 aliphatic heterocycles. The third kappa shape index (κ3) is 27.6. The highest BCUT2D eigenvalue weighted by molar-refractivity contribution is 5.80. The molecule has 0 spiro atoms. The predicted octanol–water partition coefficient (Wildman–Crippen LogP) is 7.78. The van der Waals surface area contributed by atoms with Crippen molar-refractivity contribution in [3.8, 4) is 0 Å². The first-order valence-corrected chi connectivity index (χ1v) is 23.5. The molecule has 0 aromatic rings. The van der Waals surface area contributed by atoms with Gasteiger partial charge < -0.3 is 50.5 Å². The van der Waals surface area contributed by atoms with Gasteiger partial charge in [-0.15, -0.1) is 0 Å². The summed E-state index contributed by atoms with van der Waals surface area (Å²) < 4.78 is 11.0. The van der Waals surface area contributed by atoms with Gasteiger partial charge in [0.1, 0.15) is 36.6 Å². The maximum atomic E-state index is 13.0. The summed E-state index contributed by atoms with van der Waals surface area (Å²) in [5.74, 6) is -0.752. The summed E-state index contributed by atoms with van der Waals surface area (Å²) in [5.41, 5.74) is 0. The van der Waals surface area contributed by atoms with Crippen molar-refractivity contribution in [1.29, 1.82) is 0 Å². The van der Waals surface area contributed by atoms with Gasteiger partial charge in [0.25, 0.3) is 0 Å². The van der Waals surface area contributed by atoms with Crippen molar-refractivity contribution in [2.45, 2.75) is 236 Å². The van der Waals surface area contributed by atoms with Gasteiger partial charge in [-0.1, -0.05) is 146 Å². The van der Waals surface area contributed by atoms with Crippen molar-refractivity contribution in [3.05, 3.63) is 48.6 Å². The lowest BCUT2D eigenvalue weighted by atomic mass is 9.99. The molecule has 0 aromatic heterocycles. The molecule has 11 nitrogen and oxygen atoms in total. The van der Waals surface area contributed by atoms with Crippen molar-refractivity contribution < 1.29 is 50.0 Å².